The van der Waals surface area contributed by atoms with Crippen LogP contribution in [0.5, 0.6) is 5.75 Å². The summed E-state index contributed by atoms with van der Waals surface area (Å²) >= 11 is 0.961. The molecule has 1 aromatic heterocycles. The number of benzene rings is 1. The number of unbranched alkanes of at least 4 members (excludes halogenated alkanes) is 1. The Morgan fingerprint density at radius 1 is 1.23 bits per heavy atom. The number of hydrogen-bond acceptors (Lipinski definition) is 8. The first kappa shape index (κ1) is 24.1. The summed E-state index contributed by atoms with van der Waals surface area (Å²) in [5.74, 6) is -0.505. The van der Waals surface area contributed by atoms with Crippen LogP contribution in [0.3, 0.4) is 0 Å². The summed E-state index contributed by atoms with van der Waals surface area (Å²) in [6.45, 7) is 1.97. The zero-order valence-corrected chi connectivity index (χ0v) is 18.4. The highest BCUT2D eigenvalue weighted by Crippen LogP contribution is 2.19. The summed E-state index contributed by atoms with van der Waals surface area (Å²) < 4.78 is 24.8. The van der Waals surface area contributed by atoms with Crippen molar-refractivity contribution in [3.8, 4) is 5.75 Å². The van der Waals surface area contributed by atoms with Crippen molar-refractivity contribution in [2.45, 2.75) is 50.9 Å². The number of phenolic OH excluding ortho intramolecular Hbond substituents is 1. The number of aromatic nitrogens is 1. The van der Waals surface area contributed by atoms with Gasteiger partial charge in [-0.3, -0.25) is 9.52 Å². The number of carbonyl (C=O) groups excluding carboxylic acids is 1. The number of thiazole rings is 1. The molecule has 0 saturated carbocycles. The van der Waals surface area contributed by atoms with Crippen LogP contribution in [0, 0.1) is 0 Å². The number of sulfonamides is 1. The summed E-state index contributed by atoms with van der Waals surface area (Å²) in [7, 11) is -3.52. The van der Waals surface area contributed by atoms with Gasteiger partial charge in [0.05, 0.1) is 18.4 Å². The maximum absolute atomic E-state index is 12.6. The highest BCUT2D eigenvalue weighted by molar-refractivity contribution is 7.92. The average molecular weight is 458 g/mol. The Morgan fingerprint density at radius 3 is 2.50 bits per heavy atom. The van der Waals surface area contributed by atoms with E-state index in [-0.39, 0.29) is 23.0 Å². The Hall–Kier alpha value is -2.21. The van der Waals surface area contributed by atoms with E-state index in [9.17, 15) is 28.5 Å². The fourth-order valence-corrected chi connectivity index (χ4v) is 4.36. The largest absolute Gasteiger partial charge is 0.508 e. The van der Waals surface area contributed by atoms with Gasteiger partial charge in [-0.25, -0.2) is 13.4 Å². The van der Waals surface area contributed by atoms with E-state index in [0.29, 0.717) is 6.42 Å². The Labute approximate surface area is 179 Å². The van der Waals surface area contributed by atoms with E-state index in [0.717, 1.165) is 36.0 Å². The van der Waals surface area contributed by atoms with E-state index < -0.39 is 34.2 Å². The van der Waals surface area contributed by atoms with Gasteiger partial charge in [-0.1, -0.05) is 31.9 Å². The van der Waals surface area contributed by atoms with Crippen LogP contribution in [0.15, 0.2) is 29.6 Å². The van der Waals surface area contributed by atoms with Crippen molar-refractivity contribution in [3.05, 3.63) is 40.9 Å². The molecular weight excluding hydrogens is 430 g/mol. The van der Waals surface area contributed by atoms with Crippen molar-refractivity contribution in [2.24, 2.45) is 0 Å². The summed E-state index contributed by atoms with van der Waals surface area (Å²) in [4.78, 5) is 16.6. The number of aromatic hydroxyl groups is 1. The summed E-state index contributed by atoms with van der Waals surface area (Å²) in [5, 5.41) is 34.6. The SMILES string of the molecule is CCCCC(O)C(O)C(Cc1ccc(O)cc1)NC(=O)c1csc(NS(C)(=O)=O)n1. The normalized spacial score (nSPS) is 14.7. The van der Waals surface area contributed by atoms with Crippen LogP contribution in [0.4, 0.5) is 5.13 Å². The third-order valence-corrected chi connectivity index (χ3v) is 5.83. The Kier molecular flexibility index (Phi) is 8.59. The molecule has 5 N–H and O–H groups in total. The molecule has 0 bridgehead atoms. The first-order valence-electron chi connectivity index (χ1n) is 9.47. The number of amides is 1. The fourth-order valence-electron chi connectivity index (χ4n) is 2.82. The van der Waals surface area contributed by atoms with Gasteiger partial charge in [0.1, 0.15) is 17.5 Å². The molecule has 30 heavy (non-hydrogen) atoms. The molecule has 2 rings (SSSR count). The van der Waals surface area contributed by atoms with Gasteiger partial charge in [0.2, 0.25) is 10.0 Å². The number of aliphatic hydroxyl groups is 2. The van der Waals surface area contributed by atoms with Crippen LogP contribution < -0.4 is 10.0 Å². The van der Waals surface area contributed by atoms with Crippen LogP contribution in [0.25, 0.3) is 0 Å². The van der Waals surface area contributed by atoms with E-state index in [4.69, 9.17) is 0 Å². The van der Waals surface area contributed by atoms with Gasteiger partial charge in [0, 0.05) is 5.38 Å². The van der Waals surface area contributed by atoms with Gasteiger partial charge in [-0.2, -0.15) is 0 Å². The zero-order valence-electron chi connectivity index (χ0n) is 16.8. The van der Waals surface area contributed by atoms with E-state index in [2.05, 4.69) is 15.0 Å². The molecule has 3 atom stereocenters. The number of nitrogens with one attached hydrogen (secondary N) is 2. The van der Waals surface area contributed by atoms with Gasteiger partial charge >= 0.3 is 0 Å². The Morgan fingerprint density at radius 2 is 1.90 bits per heavy atom. The highest BCUT2D eigenvalue weighted by Gasteiger charge is 2.28. The molecule has 0 saturated heterocycles. The molecule has 0 aliphatic heterocycles. The van der Waals surface area contributed by atoms with Gasteiger partial charge in [-0.15, -0.1) is 11.3 Å². The topological polar surface area (TPSA) is 149 Å². The molecule has 2 aromatic rings. The fraction of sp³-hybridized carbons (Fsp3) is 0.474. The molecule has 1 aromatic carbocycles. The highest BCUT2D eigenvalue weighted by atomic mass is 32.2. The van der Waals surface area contributed by atoms with Crippen molar-refractivity contribution in [3.63, 3.8) is 0 Å². The Balaban J connectivity index is 2.16. The molecule has 0 radical (unpaired) electrons. The first-order valence-corrected chi connectivity index (χ1v) is 12.2. The maximum atomic E-state index is 12.6. The lowest BCUT2D eigenvalue weighted by Gasteiger charge is -2.28. The number of phenols is 1. The number of anilines is 1. The van der Waals surface area contributed by atoms with E-state index in [1.807, 2.05) is 6.92 Å². The first-order chi connectivity index (χ1) is 14.1. The molecule has 1 amide bonds. The second kappa shape index (κ2) is 10.7. The lowest BCUT2D eigenvalue weighted by atomic mass is 9.95. The van der Waals surface area contributed by atoms with Crippen LogP contribution in [0.2, 0.25) is 0 Å². The van der Waals surface area contributed by atoms with Crippen LogP contribution >= 0.6 is 11.3 Å². The van der Waals surface area contributed by atoms with Gasteiger partial charge in [0.15, 0.2) is 5.13 Å². The Bertz CT molecular complexity index is 930. The van der Waals surface area contributed by atoms with Gasteiger partial charge in [-0.05, 0) is 30.5 Å². The molecular formula is C19H27N3O6S2. The quantitative estimate of drug-likeness (QED) is 0.343. The van der Waals surface area contributed by atoms with Crippen molar-refractivity contribution in [1.82, 2.24) is 10.3 Å². The lowest BCUT2D eigenvalue weighted by molar-refractivity contribution is -0.00817. The number of aliphatic hydroxyl groups excluding tert-OH is 2. The van der Waals surface area contributed by atoms with Crippen molar-refractivity contribution in [2.75, 3.05) is 11.0 Å². The molecule has 0 aliphatic rings. The summed E-state index contributed by atoms with van der Waals surface area (Å²) in [6, 6.07) is 5.50. The van der Waals surface area contributed by atoms with Gasteiger partial charge in [0.25, 0.3) is 5.91 Å². The molecule has 9 nitrogen and oxygen atoms in total. The molecule has 0 fully saturated rings. The molecule has 0 spiro atoms. The third-order valence-electron chi connectivity index (χ3n) is 4.38. The predicted octanol–water partition coefficient (Wildman–Crippen LogP) is 1.47. The summed E-state index contributed by atoms with van der Waals surface area (Å²) in [6.07, 6.45) is 0.925. The monoisotopic (exact) mass is 457 g/mol. The number of hydrogen-bond donors (Lipinski definition) is 5. The van der Waals surface area contributed by atoms with Crippen molar-refractivity contribution >= 4 is 32.4 Å². The molecule has 0 aliphatic carbocycles. The average Bonchev–Trinajstić information content (AvgIpc) is 3.13. The minimum absolute atomic E-state index is 0.00268. The number of nitrogens with zero attached hydrogens (tertiary/aromatic N) is 1. The third kappa shape index (κ3) is 7.56. The van der Waals surface area contributed by atoms with Crippen LogP contribution in [-0.2, 0) is 16.4 Å². The molecule has 3 unspecified atom stereocenters. The van der Waals surface area contributed by atoms with E-state index >= 15 is 0 Å². The second-order valence-electron chi connectivity index (χ2n) is 7.06. The standard InChI is InChI=1S/C19H27N3O6S2/c1-3-4-5-16(24)17(25)14(10-12-6-8-13(23)9-7-12)20-18(26)15-11-29-19(21-15)22-30(2,27)28/h6-9,11,14,16-17,23-25H,3-5,10H2,1-2H3,(H,20,26)(H,21,22). The van der Waals surface area contributed by atoms with Crippen LogP contribution in [0.1, 0.15) is 42.2 Å². The van der Waals surface area contributed by atoms with E-state index in [1.54, 1.807) is 12.1 Å². The van der Waals surface area contributed by atoms with E-state index in [1.165, 1.54) is 17.5 Å². The maximum Gasteiger partial charge on any atom is 0.271 e. The summed E-state index contributed by atoms with van der Waals surface area (Å²) in [5.41, 5.74) is 0.745. The zero-order chi connectivity index (χ0) is 22.3. The second-order valence-corrected chi connectivity index (χ2v) is 9.67. The molecule has 11 heteroatoms. The number of rotatable bonds is 11. The molecule has 166 valence electrons. The number of carbonyl (C=O) groups is 1. The van der Waals surface area contributed by atoms with Gasteiger partial charge < -0.3 is 20.6 Å². The van der Waals surface area contributed by atoms with Crippen molar-refractivity contribution < 1.29 is 28.5 Å². The molecule has 1 heterocycles. The minimum atomic E-state index is -3.52. The van der Waals surface area contributed by atoms with Crippen LogP contribution in [-0.4, -0.2) is 59.1 Å². The minimum Gasteiger partial charge on any atom is -0.508 e. The predicted molar refractivity (Wildman–Crippen MR) is 115 cm³/mol. The van der Waals surface area contributed by atoms with Crippen molar-refractivity contribution in [1.29, 1.82) is 0 Å². The smallest absolute Gasteiger partial charge is 0.271 e. The lowest BCUT2D eigenvalue weighted by Crippen LogP contribution is -2.49.